The third kappa shape index (κ3) is 4.38. The van der Waals surface area contributed by atoms with E-state index in [0.717, 1.165) is 36.7 Å². The van der Waals surface area contributed by atoms with Gasteiger partial charge >= 0.3 is 6.18 Å². The maximum Gasteiger partial charge on any atom is 0.418 e. The van der Waals surface area contributed by atoms with Crippen LogP contribution in [0.1, 0.15) is 31.4 Å². The highest BCUT2D eigenvalue weighted by atomic mass is 32.2. The second kappa shape index (κ2) is 7.18. The summed E-state index contributed by atoms with van der Waals surface area (Å²) in [6.07, 6.45) is -1.31. The van der Waals surface area contributed by atoms with E-state index in [4.69, 9.17) is 0 Å². The van der Waals surface area contributed by atoms with Gasteiger partial charge in [0.05, 0.1) is 21.4 Å². The predicted molar refractivity (Wildman–Crippen MR) is 90.3 cm³/mol. The van der Waals surface area contributed by atoms with Gasteiger partial charge in [-0.25, -0.2) is 0 Å². The number of carbonyl (C=O) groups is 1. The van der Waals surface area contributed by atoms with Crippen molar-refractivity contribution in [1.82, 2.24) is 14.8 Å². The van der Waals surface area contributed by atoms with Gasteiger partial charge in [0.2, 0.25) is 5.91 Å². The summed E-state index contributed by atoms with van der Waals surface area (Å²) in [7, 11) is 0. The molecule has 0 bridgehead atoms. The van der Waals surface area contributed by atoms with Crippen molar-refractivity contribution in [2.75, 3.05) is 5.32 Å². The standard InChI is InChI=1S/C15H14F3N5O3S/c1-8(27-14-21-19-7-22(14)9-2-3-9)13(24)20-12-5-4-10(23(25)26)6-11(12)15(16,17)18/h4-9H,2-3H2,1H3,(H,20,24)/t8-/m0/s1. The summed E-state index contributed by atoms with van der Waals surface area (Å²) in [5, 5.41) is 20.4. The van der Waals surface area contributed by atoms with Gasteiger partial charge in [0.1, 0.15) is 6.33 Å². The van der Waals surface area contributed by atoms with E-state index in [1.807, 2.05) is 4.57 Å². The minimum Gasteiger partial charge on any atom is -0.325 e. The molecular formula is C15H14F3N5O3S. The van der Waals surface area contributed by atoms with Gasteiger partial charge in [-0.3, -0.25) is 14.9 Å². The van der Waals surface area contributed by atoms with Crippen molar-refractivity contribution in [3.63, 3.8) is 0 Å². The van der Waals surface area contributed by atoms with Crippen LogP contribution < -0.4 is 5.32 Å². The van der Waals surface area contributed by atoms with Crippen LogP contribution in [0.25, 0.3) is 0 Å². The molecular weight excluding hydrogens is 387 g/mol. The van der Waals surface area contributed by atoms with Gasteiger partial charge in [0.25, 0.3) is 5.69 Å². The quantitative estimate of drug-likeness (QED) is 0.450. The van der Waals surface area contributed by atoms with Crippen LogP contribution in [0.4, 0.5) is 24.5 Å². The number of nitro groups is 1. The summed E-state index contributed by atoms with van der Waals surface area (Å²) >= 11 is 1.08. The van der Waals surface area contributed by atoms with Crippen molar-refractivity contribution in [2.24, 2.45) is 0 Å². The molecule has 1 aromatic heterocycles. The highest BCUT2D eigenvalue weighted by molar-refractivity contribution is 8.00. The Balaban J connectivity index is 1.76. The third-order valence-electron chi connectivity index (χ3n) is 3.91. The predicted octanol–water partition coefficient (Wildman–Crippen LogP) is 3.66. The molecule has 1 saturated carbocycles. The van der Waals surface area contributed by atoms with Crippen LogP contribution in [0, 0.1) is 10.1 Å². The minimum atomic E-state index is -4.85. The maximum absolute atomic E-state index is 13.2. The van der Waals surface area contributed by atoms with Crippen LogP contribution in [0.2, 0.25) is 0 Å². The first-order valence-electron chi connectivity index (χ1n) is 7.89. The summed E-state index contributed by atoms with van der Waals surface area (Å²) in [5.41, 5.74) is -2.52. The highest BCUT2D eigenvalue weighted by Crippen LogP contribution is 2.39. The van der Waals surface area contributed by atoms with Gasteiger partial charge in [-0.1, -0.05) is 11.8 Å². The van der Waals surface area contributed by atoms with Crippen molar-refractivity contribution >= 4 is 29.0 Å². The monoisotopic (exact) mass is 401 g/mol. The number of halogens is 3. The number of hydrogen-bond acceptors (Lipinski definition) is 6. The molecule has 1 atom stereocenters. The van der Waals surface area contributed by atoms with Crippen molar-refractivity contribution in [2.45, 2.75) is 42.4 Å². The average Bonchev–Trinajstić information content (AvgIpc) is 3.33. The van der Waals surface area contributed by atoms with Crippen molar-refractivity contribution in [1.29, 1.82) is 0 Å². The van der Waals surface area contributed by atoms with Gasteiger partial charge in [-0.05, 0) is 25.8 Å². The Bertz CT molecular complexity index is 882. The van der Waals surface area contributed by atoms with Gasteiger partial charge in [-0.2, -0.15) is 13.2 Å². The zero-order valence-electron chi connectivity index (χ0n) is 13.9. The van der Waals surface area contributed by atoms with Gasteiger partial charge in [-0.15, -0.1) is 10.2 Å². The Hall–Kier alpha value is -2.63. The van der Waals surface area contributed by atoms with Crippen molar-refractivity contribution in [3.05, 3.63) is 40.2 Å². The van der Waals surface area contributed by atoms with E-state index in [-0.39, 0.29) is 0 Å². The second-order valence-electron chi connectivity index (χ2n) is 5.99. The molecule has 0 spiro atoms. The maximum atomic E-state index is 13.2. The van der Waals surface area contributed by atoms with E-state index in [0.29, 0.717) is 17.3 Å². The Labute approximate surface area is 155 Å². The SMILES string of the molecule is C[C@H](Sc1nncn1C1CC1)C(=O)Nc1ccc([N+](=O)[O-])cc1C(F)(F)F. The number of thioether (sulfide) groups is 1. The molecule has 144 valence electrons. The lowest BCUT2D eigenvalue weighted by Gasteiger charge is -2.16. The second-order valence-corrected chi connectivity index (χ2v) is 7.29. The Morgan fingerprint density at radius 1 is 1.44 bits per heavy atom. The van der Waals surface area contributed by atoms with E-state index >= 15 is 0 Å². The molecule has 0 radical (unpaired) electrons. The van der Waals surface area contributed by atoms with E-state index in [2.05, 4.69) is 15.5 Å². The number of nitrogens with zero attached hydrogens (tertiary/aromatic N) is 4. The minimum absolute atomic E-state index is 0.296. The number of amides is 1. The fraction of sp³-hybridized carbons (Fsp3) is 0.400. The zero-order chi connectivity index (χ0) is 19.8. The molecule has 1 aliphatic carbocycles. The molecule has 1 aromatic carbocycles. The number of benzene rings is 1. The Morgan fingerprint density at radius 2 is 2.15 bits per heavy atom. The lowest BCUT2D eigenvalue weighted by Crippen LogP contribution is -2.24. The number of nitrogens with one attached hydrogen (secondary N) is 1. The molecule has 3 rings (SSSR count). The number of nitro benzene ring substituents is 1. The smallest absolute Gasteiger partial charge is 0.325 e. The topological polar surface area (TPSA) is 103 Å². The molecule has 0 aliphatic heterocycles. The lowest BCUT2D eigenvalue weighted by molar-refractivity contribution is -0.385. The molecule has 1 aliphatic rings. The van der Waals surface area contributed by atoms with Crippen LogP contribution in [0.3, 0.4) is 0 Å². The third-order valence-corrected chi connectivity index (χ3v) is 4.98. The number of aromatic nitrogens is 3. The van der Waals surface area contributed by atoms with Gasteiger partial charge in [0, 0.05) is 18.2 Å². The van der Waals surface area contributed by atoms with Gasteiger partial charge < -0.3 is 9.88 Å². The van der Waals surface area contributed by atoms with Crippen LogP contribution >= 0.6 is 11.8 Å². The number of alkyl halides is 3. The first-order valence-corrected chi connectivity index (χ1v) is 8.77. The first-order chi connectivity index (χ1) is 12.7. The summed E-state index contributed by atoms with van der Waals surface area (Å²) in [6, 6.07) is 2.48. The number of hydrogen-bond donors (Lipinski definition) is 1. The van der Waals surface area contributed by atoms with Crippen molar-refractivity contribution in [3.8, 4) is 0 Å². The fourth-order valence-corrected chi connectivity index (χ4v) is 3.25. The number of anilines is 1. The summed E-state index contributed by atoms with van der Waals surface area (Å²) in [6.45, 7) is 1.53. The number of rotatable bonds is 6. The molecule has 0 unspecified atom stereocenters. The molecule has 1 fully saturated rings. The van der Waals surface area contributed by atoms with Crippen LogP contribution in [-0.2, 0) is 11.0 Å². The van der Waals surface area contributed by atoms with E-state index in [1.54, 1.807) is 6.33 Å². The fourth-order valence-electron chi connectivity index (χ4n) is 2.35. The van der Waals surface area contributed by atoms with E-state index in [9.17, 15) is 28.1 Å². The van der Waals surface area contributed by atoms with Gasteiger partial charge in [0.15, 0.2) is 5.16 Å². The summed E-state index contributed by atoms with van der Waals surface area (Å²) < 4.78 is 41.4. The number of non-ortho nitro benzene ring substituents is 1. The lowest BCUT2D eigenvalue weighted by atomic mass is 10.1. The summed E-state index contributed by atoms with van der Waals surface area (Å²) in [4.78, 5) is 22.1. The number of carbonyl (C=O) groups excluding carboxylic acids is 1. The Kier molecular flexibility index (Phi) is 5.09. The first kappa shape index (κ1) is 19.1. The molecule has 1 N–H and O–H groups in total. The molecule has 8 nitrogen and oxygen atoms in total. The Morgan fingerprint density at radius 3 is 2.74 bits per heavy atom. The largest absolute Gasteiger partial charge is 0.418 e. The molecule has 1 heterocycles. The summed E-state index contributed by atoms with van der Waals surface area (Å²) in [5.74, 6) is -0.676. The van der Waals surface area contributed by atoms with E-state index in [1.165, 1.54) is 6.92 Å². The highest BCUT2D eigenvalue weighted by Gasteiger charge is 2.36. The normalized spacial score (nSPS) is 15.4. The molecule has 1 amide bonds. The molecule has 12 heteroatoms. The van der Waals surface area contributed by atoms with Crippen LogP contribution in [0.5, 0.6) is 0 Å². The van der Waals surface area contributed by atoms with Crippen LogP contribution in [0.15, 0.2) is 29.7 Å². The molecule has 0 saturated heterocycles. The zero-order valence-corrected chi connectivity index (χ0v) is 14.8. The van der Waals surface area contributed by atoms with Crippen LogP contribution in [-0.4, -0.2) is 30.8 Å². The average molecular weight is 401 g/mol. The van der Waals surface area contributed by atoms with Crippen molar-refractivity contribution < 1.29 is 22.9 Å². The van der Waals surface area contributed by atoms with E-state index < -0.39 is 39.2 Å². The molecule has 2 aromatic rings. The molecule has 27 heavy (non-hydrogen) atoms.